The molecule has 3 unspecified atom stereocenters. The molecule has 138 valence electrons. The van der Waals surface area contributed by atoms with E-state index in [0.29, 0.717) is 13.2 Å². The number of esters is 1. The van der Waals surface area contributed by atoms with Gasteiger partial charge in [-0.1, -0.05) is 18.2 Å². The van der Waals surface area contributed by atoms with Crippen LogP contribution in [0.25, 0.3) is 10.9 Å². The van der Waals surface area contributed by atoms with Crippen molar-refractivity contribution in [3.63, 3.8) is 0 Å². The first-order valence-electron chi connectivity index (χ1n) is 9.21. The highest BCUT2D eigenvalue weighted by molar-refractivity contribution is 5.88. The highest BCUT2D eigenvalue weighted by atomic mass is 16.6. The molecule has 0 aliphatic carbocycles. The second kappa shape index (κ2) is 5.55. The van der Waals surface area contributed by atoms with E-state index in [0.717, 1.165) is 36.1 Å². The monoisotopic (exact) mass is 356 g/mol. The molecular formula is C20H24N2O4. The van der Waals surface area contributed by atoms with Gasteiger partial charge in [-0.05, 0) is 37.5 Å². The minimum atomic E-state index is -0.875. The van der Waals surface area contributed by atoms with Crippen molar-refractivity contribution in [2.45, 2.75) is 23.5 Å². The molecule has 3 saturated heterocycles. The van der Waals surface area contributed by atoms with Gasteiger partial charge in [0.1, 0.15) is 17.1 Å². The van der Waals surface area contributed by atoms with Gasteiger partial charge in [0, 0.05) is 23.7 Å². The van der Waals surface area contributed by atoms with E-state index in [9.17, 15) is 4.79 Å². The number of likely N-dealkylation sites (tertiary alicyclic amines) is 1. The zero-order chi connectivity index (χ0) is 17.9. The summed E-state index contributed by atoms with van der Waals surface area (Å²) in [5.41, 5.74) is 0.691. The van der Waals surface area contributed by atoms with E-state index in [-0.39, 0.29) is 23.6 Å². The molecule has 3 fully saturated rings. The van der Waals surface area contributed by atoms with Crippen LogP contribution in [0.15, 0.2) is 30.3 Å². The Kier molecular flexibility index (Phi) is 3.48. The highest BCUT2D eigenvalue weighted by Crippen LogP contribution is 2.57. The molecule has 0 amide bonds. The van der Waals surface area contributed by atoms with Gasteiger partial charge >= 0.3 is 5.97 Å². The Bertz CT molecular complexity index is 831. The molecule has 2 aromatic rings. The van der Waals surface area contributed by atoms with Crippen LogP contribution in [0.4, 0.5) is 0 Å². The summed E-state index contributed by atoms with van der Waals surface area (Å²) >= 11 is 0. The number of para-hydroxylation sites is 1. The van der Waals surface area contributed by atoms with Crippen molar-refractivity contribution in [3.05, 3.63) is 36.0 Å². The van der Waals surface area contributed by atoms with Gasteiger partial charge in [-0.2, -0.15) is 0 Å². The van der Waals surface area contributed by atoms with Crippen LogP contribution in [0.1, 0.15) is 12.1 Å². The molecule has 6 nitrogen and oxygen atoms in total. The zero-order valence-corrected chi connectivity index (χ0v) is 15.2. The standard InChI is InChI=1S/C20H24N2O4/c1-22-8-7-15-19(18(23)24-2,12-25-10-17-20(15,11-22)26-17)16-9-13-5-3-4-6-14(13)21-16/h3-6,9,15,17,21H,7-8,10-12H2,1-2H3/t15?,17?,19-,20?/m0/s1. The number of carbonyl (C=O) groups excluding carboxylic acids is 1. The number of rotatable bonds is 2. The fourth-order valence-corrected chi connectivity index (χ4v) is 5.22. The third-order valence-corrected chi connectivity index (χ3v) is 6.51. The molecule has 0 saturated carbocycles. The Morgan fingerprint density at radius 1 is 1.38 bits per heavy atom. The Morgan fingerprint density at radius 2 is 2.23 bits per heavy atom. The molecule has 4 atom stereocenters. The smallest absolute Gasteiger partial charge is 0.320 e. The maximum Gasteiger partial charge on any atom is 0.320 e. The fourth-order valence-electron chi connectivity index (χ4n) is 5.22. The van der Waals surface area contributed by atoms with Crippen molar-refractivity contribution in [2.24, 2.45) is 5.92 Å². The molecule has 0 bridgehead atoms. The average Bonchev–Trinajstić information content (AvgIpc) is 3.14. The number of likely N-dealkylation sites (N-methyl/N-ethyl adjacent to an activating group) is 1. The first kappa shape index (κ1) is 16.3. The first-order chi connectivity index (χ1) is 12.6. The topological polar surface area (TPSA) is 67.1 Å². The largest absolute Gasteiger partial charge is 0.468 e. The Hall–Kier alpha value is -1.89. The molecule has 26 heavy (non-hydrogen) atoms. The van der Waals surface area contributed by atoms with Gasteiger partial charge in [-0.3, -0.25) is 4.79 Å². The van der Waals surface area contributed by atoms with Crippen LogP contribution < -0.4 is 0 Å². The molecule has 1 spiro atoms. The van der Waals surface area contributed by atoms with Gasteiger partial charge in [0.25, 0.3) is 0 Å². The molecule has 1 N–H and O–H groups in total. The van der Waals surface area contributed by atoms with Crippen LogP contribution in [0, 0.1) is 5.92 Å². The van der Waals surface area contributed by atoms with Gasteiger partial charge in [-0.15, -0.1) is 0 Å². The number of hydrogen-bond acceptors (Lipinski definition) is 5. The maximum atomic E-state index is 13.2. The van der Waals surface area contributed by atoms with Crippen molar-refractivity contribution < 1.29 is 19.0 Å². The number of aromatic nitrogens is 1. The van der Waals surface area contributed by atoms with Crippen LogP contribution in [0.3, 0.4) is 0 Å². The lowest BCUT2D eigenvalue weighted by Crippen LogP contribution is -2.58. The maximum absolute atomic E-state index is 13.2. The number of benzene rings is 1. The zero-order valence-electron chi connectivity index (χ0n) is 15.2. The van der Waals surface area contributed by atoms with Crippen LogP contribution in [-0.2, 0) is 24.4 Å². The Balaban J connectivity index is 1.70. The number of fused-ring (bicyclic) bond motifs is 1. The fraction of sp³-hybridized carbons (Fsp3) is 0.550. The summed E-state index contributed by atoms with van der Waals surface area (Å²) in [5, 5.41) is 1.09. The molecule has 3 aliphatic heterocycles. The Labute approximate surface area is 152 Å². The molecule has 0 radical (unpaired) electrons. The number of hydrogen-bond donors (Lipinski definition) is 1. The van der Waals surface area contributed by atoms with Crippen molar-refractivity contribution >= 4 is 16.9 Å². The number of methoxy groups -OCH3 is 1. The summed E-state index contributed by atoms with van der Waals surface area (Å²) in [6.45, 7) is 2.61. The van der Waals surface area contributed by atoms with Gasteiger partial charge in [0.05, 0.1) is 20.3 Å². The van der Waals surface area contributed by atoms with Crippen molar-refractivity contribution in [1.82, 2.24) is 9.88 Å². The van der Waals surface area contributed by atoms with Gasteiger partial charge in [-0.25, -0.2) is 0 Å². The van der Waals surface area contributed by atoms with E-state index < -0.39 is 5.41 Å². The number of carbonyl (C=O) groups is 1. The summed E-state index contributed by atoms with van der Waals surface area (Å²) in [6, 6.07) is 10.2. The third-order valence-electron chi connectivity index (χ3n) is 6.51. The number of H-pyrrole nitrogens is 1. The quantitative estimate of drug-likeness (QED) is 0.655. The lowest BCUT2D eigenvalue weighted by atomic mass is 9.64. The third kappa shape index (κ3) is 2.06. The van der Waals surface area contributed by atoms with E-state index in [2.05, 4.69) is 29.1 Å². The van der Waals surface area contributed by atoms with Gasteiger partial charge in [0.15, 0.2) is 0 Å². The van der Waals surface area contributed by atoms with Gasteiger partial charge < -0.3 is 24.1 Å². The molecule has 4 heterocycles. The predicted octanol–water partition coefficient (Wildman–Crippen LogP) is 1.70. The van der Waals surface area contributed by atoms with Crippen molar-refractivity contribution in [1.29, 1.82) is 0 Å². The normalized spacial score (nSPS) is 36.8. The molecule has 5 rings (SSSR count). The lowest BCUT2D eigenvalue weighted by Gasteiger charge is -2.44. The SMILES string of the molecule is COC(=O)[C@@]1(c2cc3ccccc3[nH]2)COCC2OC23CN(C)CCC31. The van der Waals surface area contributed by atoms with E-state index >= 15 is 0 Å². The summed E-state index contributed by atoms with van der Waals surface area (Å²) < 4.78 is 17.5. The van der Waals surface area contributed by atoms with Gasteiger partial charge in [0.2, 0.25) is 0 Å². The molecular weight excluding hydrogens is 332 g/mol. The number of nitrogens with one attached hydrogen (secondary N) is 1. The highest BCUT2D eigenvalue weighted by Gasteiger charge is 2.72. The summed E-state index contributed by atoms with van der Waals surface area (Å²) in [4.78, 5) is 19.0. The number of epoxide rings is 1. The molecule has 1 aromatic heterocycles. The minimum Gasteiger partial charge on any atom is -0.468 e. The summed E-state index contributed by atoms with van der Waals surface area (Å²) in [5.74, 6) is -0.214. The van der Waals surface area contributed by atoms with E-state index in [1.165, 1.54) is 7.11 Å². The van der Waals surface area contributed by atoms with E-state index in [1.54, 1.807) is 0 Å². The number of nitrogens with zero attached hydrogens (tertiary/aromatic N) is 1. The van der Waals surface area contributed by atoms with Crippen LogP contribution >= 0.6 is 0 Å². The summed E-state index contributed by atoms with van der Waals surface area (Å²) in [6.07, 6.45) is 0.937. The van der Waals surface area contributed by atoms with E-state index in [4.69, 9.17) is 14.2 Å². The van der Waals surface area contributed by atoms with Crippen LogP contribution in [0.5, 0.6) is 0 Å². The first-order valence-corrected chi connectivity index (χ1v) is 9.21. The lowest BCUT2D eigenvalue weighted by molar-refractivity contribution is -0.156. The Morgan fingerprint density at radius 3 is 3.04 bits per heavy atom. The number of piperidine rings is 1. The van der Waals surface area contributed by atoms with Crippen molar-refractivity contribution in [3.8, 4) is 0 Å². The summed E-state index contributed by atoms with van der Waals surface area (Å²) in [7, 11) is 3.57. The van der Waals surface area contributed by atoms with Crippen LogP contribution in [0.2, 0.25) is 0 Å². The number of aromatic amines is 1. The molecule has 6 heteroatoms. The van der Waals surface area contributed by atoms with Crippen molar-refractivity contribution in [2.75, 3.05) is 40.5 Å². The average molecular weight is 356 g/mol. The number of ether oxygens (including phenoxy) is 3. The second-order valence-electron chi connectivity index (χ2n) is 7.89. The molecule has 1 aromatic carbocycles. The molecule has 3 aliphatic rings. The predicted molar refractivity (Wildman–Crippen MR) is 96.0 cm³/mol. The van der Waals surface area contributed by atoms with E-state index in [1.807, 2.05) is 18.2 Å². The minimum absolute atomic E-state index is 0.0270. The van der Waals surface area contributed by atoms with Crippen LogP contribution in [-0.4, -0.2) is 68.0 Å². The second-order valence-corrected chi connectivity index (χ2v) is 7.89.